The molecule has 20 heavy (non-hydrogen) atoms. The lowest BCUT2D eigenvalue weighted by Crippen LogP contribution is -2.13. The van der Waals surface area contributed by atoms with Gasteiger partial charge >= 0.3 is 0 Å². The second-order valence-electron chi connectivity index (χ2n) is 4.59. The molecule has 0 saturated heterocycles. The molecule has 0 aliphatic carbocycles. The van der Waals surface area contributed by atoms with E-state index in [1.165, 1.54) is 0 Å². The van der Waals surface area contributed by atoms with E-state index in [0.29, 0.717) is 5.88 Å². The number of carbonyl (C=O) groups is 1. The molecule has 0 atom stereocenters. The molecule has 1 heterocycles. The van der Waals surface area contributed by atoms with Crippen molar-refractivity contribution in [2.75, 3.05) is 11.9 Å². The molecule has 0 radical (unpaired) electrons. The molecule has 0 fully saturated rings. The van der Waals surface area contributed by atoms with Gasteiger partial charge in [-0.2, -0.15) is 0 Å². The van der Waals surface area contributed by atoms with Crippen LogP contribution >= 0.6 is 11.6 Å². The predicted octanol–water partition coefficient (Wildman–Crippen LogP) is 3.21. The number of amides is 1. The Balaban J connectivity index is 2.18. The maximum absolute atomic E-state index is 11.7. The van der Waals surface area contributed by atoms with Crippen LogP contribution in [0.4, 0.5) is 5.69 Å². The van der Waals surface area contributed by atoms with Crippen LogP contribution in [0.1, 0.15) is 16.7 Å². The number of hydrogen-bond donors (Lipinski definition) is 1. The normalized spacial score (nSPS) is 14.1. The van der Waals surface area contributed by atoms with E-state index in [1.807, 2.05) is 48.5 Å². The number of fused-ring (bicyclic) bond motifs is 1. The minimum Gasteiger partial charge on any atom is -0.324 e. The first kappa shape index (κ1) is 12.9. The van der Waals surface area contributed by atoms with E-state index in [1.54, 1.807) is 0 Å². The highest BCUT2D eigenvalue weighted by Crippen LogP contribution is 2.24. The summed E-state index contributed by atoms with van der Waals surface area (Å²) in [6.45, 7) is 0.134. The topological polar surface area (TPSA) is 41.5 Å². The molecule has 3 rings (SSSR count). The molecule has 0 bridgehead atoms. The summed E-state index contributed by atoms with van der Waals surface area (Å²) in [7, 11) is 0. The minimum absolute atomic E-state index is 0.101. The molecule has 1 amide bonds. The van der Waals surface area contributed by atoms with E-state index in [-0.39, 0.29) is 12.5 Å². The first-order valence-corrected chi connectivity index (χ1v) is 6.90. The number of benzene rings is 2. The van der Waals surface area contributed by atoms with E-state index in [4.69, 9.17) is 11.6 Å². The van der Waals surface area contributed by atoms with Crippen LogP contribution in [0.5, 0.6) is 0 Å². The summed E-state index contributed by atoms with van der Waals surface area (Å²) in [4.78, 5) is 16.2. The summed E-state index contributed by atoms with van der Waals surface area (Å²) in [5.74, 6) is 0.333. The highest BCUT2D eigenvalue weighted by Gasteiger charge is 2.18. The molecule has 0 aromatic heterocycles. The summed E-state index contributed by atoms with van der Waals surface area (Å²) < 4.78 is 0. The van der Waals surface area contributed by atoms with Crippen LogP contribution in [-0.2, 0) is 10.7 Å². The third-order valence-electron chi connectivity index (χ3n) is 3.20. The van der Waals surface area contributed by atoms with Gasteiger partial charge in [-0.25, -0.2) is 0 Å². The van der Waals surface area contributed by atoms with Crippen LogP contribution in [0, 0.1) is 0 Å². The number of halogens is 1. The molecule has 0 spiro atoms. The van der Waals surface area contributed by atoms with Gasteiger partial charge in [-0.3, -0.25) is 9.79 Å². The molecule has 1 N–H and O–H groups in total. The van der Waals surface area contributed by atoms with Gasteiger partial charge in [-0.05, 0) is 17.7 Å². The molecule has 1 aliphatic rings. The Hall–Kier alpha value is -2.13. The van der Waals surface area contributed by atoms with Gasteiger partial charge in [0, 0.05) is 17.0 Å². The van der Waals surface area contributed by atoms with Gasteiger partial charge in [0.05, 0.1) is 11.4 Å². The summed E-state index contributed by atoms with van der Waals surface area (Å²) >= 11 is 5.91. The Labute approximate surface area is 122 Å². The van der Waals surface area contributed by atoms with E-state index in [0.717, 1.165) is 28.1 Å². The highest BCUT2D eigenvalue weighted by molar-refractivity contribution is 6.20. The van der Waals surface area contributed by atoms with E-state index in [9.17, 15) is 4.79 Å². The first-order valence-electron chi connectivity index (χ1n) is 6.37. The Morgan fingerprint density at radius 1 is 1.15 bits per heavy atom. The van der Waals surface area contributed by atoms with Gasteiger partial charge in [0.15, 0.2) is 0 Å². The fourth-order valence-corrected chi connectivity index (χ4v) is 2.41. The van der Waals surface area contributed by atoms with E-state index in [2.05, 4.69) is 10.3 Å². The lowest BCUT2D eigenvalue weighted by Gasteiger charge is -2.11. The van der Waals surface area contributed by atoms with Crippen molar-refractivity contribution in [1.82, 2.24) is 0 Å². The predicted molar refractivity (Wildman–Crippen MR) is 81.6 cm³/mol. The first-order chi connectivity index (χ1) is 9.78. The van der Waals surface area contributed by atoms with Gasteiger partial charge in [0.2, 0.25) is 5.91 Å². The number of nitrogens with zero attached hydrogens (tertiary/aromatic N) is 1. The second kappa shape index (κ2) is 5.47. The van der Waals surface area contributed by atoms with Crippen LogP contribution in [0.15, 0.2) is 53.5 Å². The third kappa shape index (κ3) is 2.45. The van der Waals surface area contributed by atoms with Gasteiger partial charge in [-0.15, -0.1) is 11.6 Å². The molecule has 100 valence electrons. The lowest BCUT2D eigenvalue weighted by atomic mass is 9.99. The highest BCUT2D eigenvalue weighted by atomic mass is 35.5. The fourth-order valence-electron chi connectivity index (χ4n) is 2.25. The van der Waals surface area contributed by atoms with Crippen molar-refractivity contribution >= 4 is 28.9 Å². The number of aliphatic imine (C=N–C) groups is 1. The molecule has 4 heteroatoms. The summed E-state index contributed by atoms with van der Waals surface area (Å²) in [6, 6.07) is 15.7. The van der Waals surface area contributed by atoms with Crippen molar-refractivity contribution in [1.29, 1.82) is 0 Å². The average molecular weight is 285 g/mol. The zero-order valence-electron chi connectivity index (χ0n) is 10.8. The fraction of sp³-hybridized carbons (Fsp3) is 0.125. The third-order valence-corrected chi connectivity index (χ3v) is 3.50. The van der Waals surface area contributed by atoms with Crippen molar-refractivity contribution in [2.24, 2.45) is 4.99 Å². The standard InChI is InChI=1S/C16H13ClN2O/c17-9-11-6-7-14-13(8-11)16(18-10-15(20)19-14)12-4-2-1-3-5-12/h1-8H,9-10H2,(H,19,20). The molecule has 2 aromatic rings. The van der Waals surface area contributed by atoms with Crippen molar-refractivity contribution in [3.8, 4) is 0 Å². The van der Waals surface area contributed by atoms with Crippen LogP contribution in [0.2, 0.25) is 0 Å². The van der Waals surface area contributed by atoms with Crippen LogP contribution in [0.25, 0.3) is 0 Å². The number of benzodiazepines with no additional fused rings is 1. The van der Waals surface area contributed by atoms with Crippen molar-refractivity contribution < 1.29 is 4.79 Å². The van der Waals surface area contributed by atoms with Crippen LogP contribution in [-0.4, -0.2) is 18.2 Å². The smallest absolute Gasteiger partial charge is 0.246 e. The molecular formula is C16H13ClN2O. The van der Waals surface area contributed by atoms with Crippen LogP contribution in [0.3, 0.4) is 0 Å². The zero-order chi connectivity index (χ0) is 13.9. The van der Waals surface area contributed by atoms with Crippen molar-refractivity contribution in [2.45, 2.75) is 5.88 Å². The number of rotatable bonds is 2. The SMILES string of the molecule is O=C1CN=C(c2ccccc2)c2cc(CCl)ccc2N1. The Bertz CT molecular complexity index is 680. The minimum atomic E-state index is -0.101. The molecule has 1 aliphatic heterocycles. The average Bonchev–Trinajstić information content (AvgIpc) is 2.65. The largest absolute Gasteiger partial charge is 0.324 e. The monoisotopic (exact) mass is 284 g/mol. The molecular weight excluding hydrogens is 272 g/mol. The summed E-state index contributed by atoms with van der Waals surface area (Å²) in [6.07, 6.45) is 0. The Morgan fingerprint density at radius 2 is 1.95 bits per heavy atom. The van der Waals surface area contributed by atoms with E-state index >= 15 is 0 Å². The van der Waals surface area contributed by atoms with Gasteiger partial charge in [-0.1, -0.05) is 36.4 Å². The zero-order valence-corrected chi connectivity index (χ0v) is 11.5. The Kier molecular flexibility index (Phi) is 3.52. The number of nitrogens with one attached hydrogen (secondary N) is 1. The van der Waals surface area contributed by atoms with Gasteiger partial charge in [0.1, 0.15) is 6.54 Å². The van der Waals surface area contributed by atoms with Gasteiger partial charge < -0.3 is 5.32 Å². The van der Waals surface area contributed by atoms with Gasteiger partial charge in [0.25, 0.3) is 0 Å². The van der Waals surface area contributed by atoms with E-state index < -0.39 is 0 Å². The number of alkyl halides is 1. The van der Waals surface area contributed by atoms with Crippen LogP contribution < -0.4 is 5.32 Å². The summed E-state index contributed by atoms with van der Waals surface area (Å²) in [5, 5.41) is 2.88. The number of hydrogen-bond acceptors (Lipinski definition) is 2. The van der Waals surface area contributed by atoms with Crippen molar-refractivity contribution in [3.63, 3.8) is 0 Å². The molecule has 3 nitrogen and oxygen atoms in total. The number of carbonyl (C=O) groups excluding carboxylic acids is 1. The maximum atomic E-state index is 11.7. The maximum Gasteiger partial charge on any atom is 0.246 e. The molecule has 2 aromatic carbocycles. The summed E-state index contributed by atoms with van der Waals surface area (Å²) in [5.41, 5.74) is 4.53. The Morgan fingerprint density at radius 3 is 2.70 bits per heavy atom. The molecule has 0 unspecified atom stereocenters. The number of anilines is 1. The van der Waals surface area contributed by atoms with Crippen molar-refractivity contribution in [3.05, 3.63) is 65.2 Å². The second-order valence-corrected chi connectivity index (χ2v) is 4.86. The quantitative estimate of drug-likeness (QED) is 0.845. The molecule has 0 saturated carbocycles. The lowest BCUT2D eigenvalue weighted by molar-refractivity contribution is -0.114.